The summed E-state index contributed by atoms with van der Waals surface area (Å²) in [6, 6.07) is 11.6. The molecule has 0 fully saturated rings. The number of benzene rings is 2. The van der Waals surface area contributed by atoms with Crippen LogP contribution in [0.1, 0.15) is 21.5 Å². The summed E-state index contributed by atoms with van der Waals surface area (Å²) >= 11 is 3.37. The number of hydrogen-bond donors (Lipinski definition) is 0. The lowest BCUT2D eigenvalue weighted by Gasteiger charge is -2.07. The summed E-state index contributed by atoms with van der Waals surface area (Å²) in [5, 5.41) is 10.7. The smallest absolute Gasteiger partial charge is 0.338 e. The van der Waals surface area contributed by atoms with E-state index in [2.05, 4.69) is 15.9 Å². The van der Waals surface area contributed by atoms with Gasteiger partial charge in [0.05, 0.1) is 10.5 Å². The molecule has 0 saturated heterocycles. The minimum atomic E-state index is -0.510. The van der Waals surface area contributed by atoms with Crippen molar-refractivity contribution in [1.29, 1.82) is 0 Å². The van der Waals surface area contributed by atoms with Crippen molar-refractivity contribution in [1.82, 2.24) is 0 Å². The fourth-order valence-corrected chi connectivity index (χ4v) is 2.23. The molecule has 2 aromatic carbocycles. The first kappa shape index (κ1) is 15.2. The Morgan fingerprint density at radius 3 is 2.62 bits per heavy atom. The summed E-state index contributed by atoms with van der Waals surface area (Å²) in [6.45, 7) is 1.72. The minimum Gasteiger partial charge on any atom is -0.457 e. The molecule has 0 unspecified atom stereocenters. The second-order valence-corrected chi connectivity index (χ2v) is 5.28. The van der Waals surface area contributed by atoms with E-state index in [1.165, 1.54) is 18.2 Å². The molecule has 0 saturated carbocycles. The summed E-state index contributed by atoms with van der Waals surface area (Å²) in [5.74, 6) is -0.510. The van der Waals surface area contributed by atoms with Gasteiger partial charge in [0.15, 0.2) is 0 Å². The van der Waals surface area contributed by atoms with E-state index >= 15 is 0 Å². The van der Waals surface area contributed by atoms with Gasteiger partial charge in [-0.1, -0.05) is 34.1 Å². The number of carbonyl (C=O) groups excluding carboxylic acids is 1. The van der Waals surface area contributed by atoms with Crippen LogP contribution in [0.15, 0.2) is 46.9 Å². The van der Waals surface area contributed by atoms with Crippen molar-refractivity contribution >= 4 is 27.6 Å². The number of carbonyl (C=O) groups is 1. The second-order valence-electron chi connectivity index (χ2n) is 4.43. The lowest BCUT2D eigenvalue weighted by Crippen LogP contribution is -2.06. The van der Waals surface area contributed by atoms with E-state index in [1.807, 2.05) is 24.3 Å². The van der Waals surface area contributed by atoms with Crippen molar-refractivity contribution in [3.05, 3.63) is 73.7 Å². The molecule has 0 atom stereocenters. The fourth-order valence-electron chi connectivity index (χ4n) is 1.83. The van der Waals surface area contributed by atoms with Gasteiger partial charge in [0.2, 0.25) is 0 Å². The van der Waals surface area contributed by atoms with E-state index in [4.69, 9.17) is 4.74 Å². The lowest BCUT2D eigenvalue weighted by atomic mass is 10.1. The summed E-state index contributed by atoms with van der Waals surface area (Å²) in [5.41, 5.74) is 1.56. The molecule has 108 valence electrons. The third-order valence-electron chi connectivity index (χ3n) is 2.95. The number of nitrogens with zero attached hydrogens (tertiary/aromatic N) is 1. The Hall–Kier alpha value is -2.21. The van der Waals surface area contributed by atoms with Gasteiger partial charge < -0.3 is 4.74 Å². The average Bonchev–Trinajstić information content (AvgIpc) is 2.45. The van der Waals surface area contributed by atoms with Gasteiger partial charge in [-0.2, -0.15) is 0 Å². The lowest BCUT2D eigenvalue weighted by molar-refractivity contribution is -0.385. The van der Waals surface area contributed by atoms with Crippen LogP contribution in [0, 0.1) is 17.0 Å². The Morgan fingerprint density at radius 1 is 1.29 bits per heavy atom. The topological polar surface area (TPSA) is 69.4 Å². The number of ether oxygens (including phenoxy) is 1. The van der Waals surface area contributed by atoms with Crippen LogP contribution in [0.25, 0.3) is 0 Å². The van der Waals surface area contributed by atoms with Crippen LogP contribution >= 0.6 is 15.9 Å². The van der Waals surface area contributed by atoms with Crippen molar-refractivity contribution < 1.29 is 14.5 Å². The third kappa shape index (κ3) is 3.66. The van der Waals surface area contributed by atoms with Gasteiger partial charge >= 0.3 is 5.97 Å². The molecule has 0 aromatic heterocycles. The van der Waals surface area contributed by atoms with Crippen molar-refractivity contribution in [2.75, 3.05) is 0 Å². The van der Waals surface area contributed by atoms with E-state index in [0.29, 0.717) is 11.1 Å². The number of aryl methyl sites for hydroxylation is 1. The number of nitro groups is 1. The van der Waals surface area contributed by atoms with Gasteiger partial charge in [-0.25, -0.2) is 4.79 Å². The van der Waals surface area contributed by atoms with Crippen LogP contribution in [0.2, 0.25) is 0 Å². The molecule has 0 radical (unpaired) electrons. The molecular weight excluding hydrogens is 338 g/mol. The zero-order chi connectivity index (χ0) is 15.4. The first-order chi connectivity index (χ1) is 9.99. The Morgan fingerprint density at radius 2 is 2.00 bits per heavy atom. The Bertz CT molecular complexity index is 700. The SMILES string of the molecule is Cc1cc(C(=O)OCc2ccccc2Br)ccc1[N+](=O)[O-]. The second kappa shape index (κ2) is 6.49. The van der Waals surface area contributed by atoms with Gasteiger partial charge in [-0.15, -0.1) is 0 Å². The summed E-state index contributed by atoms with van der Waals surface area (Å²) in [7, 11) is 0. The molecule has 0 amide bonds. The number of hydrogen-bond acceptors (Lipinski definition) is 4. The number of esters is 1. The minimum absolute atomic E-state index is 0.0163. The maximum atomic E-state index is 12.0. The van der Waals surface area contributed by atoms with Gasteiger partial charge in [-0.05, 0) is 25.1 Å². The van der Waals surface area contributed by atoms with Gasteiger partial charge in [0.1, 0.15) is 6.61 Å². The van der Waals surface area contributed by atoms with Gasteiger partial charge in [-0.3, -0.25) is 10.1 Å². The molecule has 0 spiro atoms. The molecule has 2 rings (SSSR count). The van der Waals surface area contributed by atoms with E-state index in [-0.39, 0.29) is 12.3 Å². The number of halogens is 1. The zero-order valence-electron chi connectivity index (χ0n) is 11.2. The number of nitro benzene ring substituents is 1. The van der Waals surface area contributed by atoms with E-state index in [1.54, 1.807) is 6.92 Å². The van der Waals surface area contributed by atoms with E-state index in [9.17, 15) is 14.9 Å². The Labute approximate surface area is 129 Å². The van der Waals surface area contributed by atoms with Crippen LogP contribution in [-0.2, 0) is 11.3 Å². The van der Waals surface area contributed by atoms with Crippen molar-refractivity contribution in [2.45, 2.75) is 13.5 Å². The van der Waals surface area contributed by atoms with Crippen molar-refractivity contribution in [3.8, 4) is 0 Å². The monoisotopic (exact) mass is 349 g/mol. The first-order valence-electron chi connectivity index (χ1n) is 6.14. The highest BCUT2D eigenvalue weighted by atomic mass is 79.9. The molecule has 0 aliphatic carbocycles. The molecule has 0 aliphatic heterocycles. The predicted molar refractivity (Wildman–Crippen MR) is 81.1 cm³/mol. The summed E-state index contributed by atoms with van der Waals surface area (Å²) in [6.07, 6.45) is 0. The van der Waals surface area contributed by atoms with Gasteiger partial charge in [0.25, 0.3) is 5.69 Å². The Kier molecular flexibility index (Phi) is 4.70. The predicted octanol–water partition coefficient (Wildman–Crippen LogP) is 4.02. The third-order valence-corrected chi connectivity index (χ3v) is 3.72. The Balaban J connectivity index is 2.09. The first-order valence-corrected chi connectivity index (χ1v) is 6.94. The van der Waals surface area contributed by atoms with Crippen LogP contribution in [-0.4, -0.2) is 10.9 Å². The van der Waals surface area contributed by atoms with Gasteiger partial charge in [0, 0.05) is 21.7 Å². The molecule has 0 N–H and O–H groups in total. The number of rotatable bonds is 4. The zero-order valence-corrected chi connectivity index (χ0v) is 12.8. The average molecular weight is 350 g/mol. The van der Waals surface area contributed by atoms with Crippen LogP contribution in [0.4, 0.5) is 5.69 Å². The summed E-state index contributed by atoms with van der Waals surface area (Å²) < 4.78 is 6.07. The van der Waals surface area contributed by atoms with Crippen LogP contribution < -0.4 is 0 Å². The highest BCUT2D eigenvalue weighted by Gasteiger charge is 2.15. The van der Waals surface area contributed by atoms with Crippen LogP contribution in [0.3, 0.4) is 0 Å². The van der Waals surface area contributed by atoms with Crippen molar-refractivity contribution in [3.63, 3.8) is 0 Å². The highest BCUT2D eigenvalue weighted by Crippen LogP contribution is 2.20. The van der Waals surface area contributed by atoms with E-state index in [0.717, 1.165) is 10.0 Å². The highest BCUT2D eigenvalue weighted by molar-refractivity contribution is 9.10. The standard InChI is InChI=1S/C15H12BrNO4/c1-10-8-11(6-7-14(10)17(19)20)15(18)21-9-12-4-2-3-5-13(12)16/h2-8H,9H2,1H3. The molecule has 0 heterocycles. The largest absolute Gasteiger partial charge is 0.457 e. The molecule has 21 heavy (non-hydrogen) atoms. The molecule has 2 aromatic rings. The van der Waals surface area contributed by atoms with Crippen molar-refractivity contribution in [2.24, 2.45) is 0 Å². The molecule has 0 bridgehead atoms. The quantitative estimate of drug-likeness (QED) is 0.474. The maximum Gasteiger partial charge on any atom is 0.338 e. The molecule has 6 heteroatoms. The molecular formula is C15H12BrNO4. The summed E-state index contributed by atoms with van der Waals surface area (Å²) in [4.78, 5) is 22.2. The van der Waals surface area contributed by atoms with Crippen LogP contribution in [0.5, 0.6) is 0 Å². The molecule has 0 aliphatic rings. The molecule has 5 nitrogen and oxygen atoms in total. The van der Waals surface area contributed by atoms with E-state index < -0.39 is 10.9 Å². The maximum absolute atomic E-state index is 12.0. The fraction of sp³-hybridized carbons (Fsp3) is 0.133. The normalized spacial score (nSPS) is 10.2.